The summed E-state index contributed by atoms with van der Waals surface area (Å²) in [4.78, 5) is 12.7. The lowest BCUT2D eigenvalue weighted by Gasteiger charge is -2.05. The summed E-state index contributed by atoms with van der Waals surface area (Å²) in [6.45, 7) is 0. The van der Waals surface area contributed by atoms with Crippen LogP contribution in [0, 0.1) is 0 Å². The van der Waals surface area contributed by atoms with E-state index < -0.39 is 0 Å². The number of aromatic nitrogens is 3. The fraction of sp³-hybridized carbons (Fsp3) is 0. The molecule has 5 rings (SSSR count). The topological polar surface area (TPSA) is 41.6 Å². The van der Waals surface area contributed by atoms with Crippen LogP contribution >= 0.6 is 0 Å². The van der Waals surface area contributed by atoms with Crippen molar-refractivity contribution in [1.29, 1.82) is 0 Å². The molecule has 0 bridgehead atoms. The maximum absolute atomic E-state index is 4.59. The zero-order chi connectivity index (χ0) is 16.6. The molecule has 3 heterocycles. The maximum Gasteiger partial charge on any atom is 0.0942 e. The largest absolute Gasteiger partial charge is 0.352 e. The summed E-state index contributed by atoms with van der Waals surface area (Å²) < 4.78 is 0. The van der Waals surface area contributed by atoms with Crippen molar-refractivity contribution in [2.75, 3.05) is 0 Å². The van der Waals surface area contributed by atoms with E-state index in [0.717, 1.165) is 33.5 Å². The number of nitrogens with one attached hydrogen (secondary N) is 1. The Morgan fingerprint density at radius 2 is 1.00 bits per heavy atom. The maximum atomic E-state index is 4.59. The van der Waals surface area contributed by atoms with Gasteiger partial charge in [-0.2, -0.15) is 0 Å². The molecule has 1 N–H and O–H groups in total. The molecule has 0 aliphatic rings. The lowest BCUT2D eigenvalue weighted by atomic mass is 10.1. The molecule has 3 nitrogen and oxygen atoms in total. The van der Waals surface area contributed by atoms with Gasteiger partial charge in [0.25, 0.3) is 0 Å². The zero-order valence-electron chi connectivity index (χ0n) is 13.5. The third-order valence-electron chi connectivity index (χ3n) is 4.54. The number of H-pyrrole nitrogens is 1. The Kier molecular flexibility index (Phi) is 3.10. The summed E-state index contributed by atoms with van der Waals surface area (Å²) in [6.07, 6.45) is 3.71. The molecule has 0 atom stereocenters. The van der Waals surface area contributed by atoms with Crippen LogP contribution in [-0.4, -0.2) is 15.0 Å². The highest BCUT2D eigenvalue weighted by Gasteiger charge is 2.11. The van der Waals surface area contributed by atoms with Gasteiger partial charge in [-0.3, -0.25) is 9.97 Å². The SMILES string of the molecule is c1ccc2c(-c3ccc(-c4nccc5ccccc45)[nH]3)nccc2c1. The molecule has 0 fully saturated rings. The van der Waals surface area contributed by atoms with Gasteiger partial charge >= 0.3 is 0 Å². The summed E-state index contributed by atoms with van der Waals surface area (Å²) >= 11 is 0. The van der Waals surface area contributed by atoms with E-state index in [0.29, 0.717) is 0 Å². The third kappa shape index (κ3) is 2.29. The van der Waals surface area contributed by atoms with Gasteiger partial charge in [-0.15, -0.1) is 0 Å². The zero-order valence-corrected chi connectivity index (χ0v) is 13.5. The molecule has 2 aromatic carbocycles. The van der Waals surface area contributed by atoms with Gasteiger partial charge in [-0.1, -0.05) is 48.5 Å². The van der Waals surface area contributed by atoms with E-state index in [2.05, 4.69) is 51.4 Å². The van der Waals surface area contributed by atoms with E-state index in [-0.39, 0.29) is 0 Å². The molecule has 0 amide bonds. The first-order chi connectivity index (χ1) is 12.4. The Labute approximate surface area is 145 Å². The molecule has 0 spiro atoms. The van der Waals surface area contributed by atoms with Crippen LogP contribution in [0.2, 0.25) is 0 Å². The molecule has 25 heavy (non-hydrogen) atoms. The molecule has 0 radical (unpaired) electrons. The van der Waals surface area contributed by atoms with E-state index in [1.54, 1.807) is 0 Å². The Balaban J connectivity index is 1.69. The van der Waals surface area contributed by atoms with Crippen LogP contribution in [0.1, 0.15) is 0 Å². The lowest BCUT2D eigenvalue weighted by Crippen LogP contribution is -1.88. The molecule has 5 aromatic rings. The minimum Gasteiger partial charge on any atom is -0.352 e. The third-order valence-corrected chi connectivity index (χ3v) is 4.54. The number of rotatable bonds is 2. The first kappa shape index (κ1) is 13.9. The molecule has 3 aromatic heterocycles. The summed E-state index contributed by atoms with van der Waals surface area (Å²) in [6, 6.07) is 24.8. The summed E-state index contributed by atoms with van der Waals surface area (Å²) in [7, 11) is 0. The monoisotopic (exact) mass is 321 g/mol. The van der Waals surface area contributed by atoms with Crippen LogP contribution in [0.3, 0.4) is 0 Å². The number of fused-ring (bicyclic) bond motifs is 2. The minimum absolute atomic E-state index is 0.963. The molecule has 118 valence electrons. The second-order valence-corrected chi connectivity index (χ2v) is 6.05. The average molecular weight is 321 g/mol. The van der Waals surface area contributed by atoms with Crippen molar-refractivity contribution < 1.29 is 0 Å². The minimum atomic E-state index is 0.963. The highest BCUT2D eigenvalue weighted by atomic mass is 14.8. The Bertz CT molecular complexity index is 1100. The number of aromatic amines is 1. The van der Waals surface area contributed by atoms with Gasteiger partial charge in [0.2, 0.25) is 0 Å². The van der Waals surface area contributed by atoms with Crippen molar-refractivity contribution in [1.82, 2.24) is 15.0 Å². The van der Waals surface area contributed by atoms with Crippen LogP contribution in [0.4, 0.5) is 0 Å². The smallest absolute Gasteiger partial charge is 0.0942 e. The van der Waals surface area contributed by atoms with Crippen molar-refractivity contribution in [3.8, 4) is 22.8 Å². The molecular weight excluding hydrogens is 306 g/mol. The van der Waals surface area contributed by atoms with Crippen LogP contribution in [0.5, 0.6) is 0 Å². The van der Waals surface area contributed by atoms with Gasteiger partial charge in [0.15, 0.2) is 0 Å². The van der Waals surface area contributed by atoms with Gasteiger partial charge < -0.3 is 4.98 Å². The number of pyridine rings is 2. The predicted molar refractivity (Wildman–Crippen MR) is 102 cm³/mol. The van der Waals surface area contributed by atoms with Crippen LogP contribution in [0.25, 0.3) is 44.3 Å². The Hall–Kier alpha value is -3.46. The summed E-state index contributed by atoms with van der Waals surface area (Å²) in [5.74, 6) is 0. The normalized spacial score (nSPS) is 11.2. The summed E-state index contributed by atoms with van der Waals surface area (Å²) in [5.41, 5.74) is 3.93. The van der Waals surface area contributed by atoms with Crippen molar-refractivity contribution in [2.45, 2.75) is 0 Å². The first-order valence-corrected chi connectivity index (χ1v) is 8.27. The Morgan fingerprint density at radius 1 is 0.520 bits per heavy atom. The molecular formula is C22H15N3. The second-order valence-electron chi connectivity index (χ2n) is 6.05. The van der Waals surface area contributed by atoms with Crippen LogP contribution in [0.15, 0.2) is 85.2 Å². The van der Waals surface area contributed by atoms with Crippen LogP contribution in [-0.2, 0) is 0 Å². The number of hydrogen-bond donors (Lipinski definition) is 1. The fourth-order valence-electron chi connectivity index (χ4n) is 3.34. The van der Waals surface area contributed by atoms with Crippen molar-refractivity contribution >= 4 is 21.5 Å². The van der Waals surface area contributed by atoms with Crippen molar-refractivity contribution in [2.24, 2.45) is 0 Å². The number of nitrogens with zero attached hydrogens (tertiary/aromatic N) is 2. The predicted octanol–water partition coefficient (Wildman–Crippen LogP) is 5.45. The van der Waals surface area contributed by atoms with E-state index in [9.17, 15) is 0 Å². The molecule has 0 aliphatic heterocycles. The standard InChI is InChI=1S/C22H15N3/c1-3-7-17-15(5-1)11-13-23-21(17)19-9-10-20(25-19)22-18-8-4-2-6-16(18)12-14-24-22/h1-14,25H. The molecule has 0 unspecified atom stereocenters. The highest BCUT2D eigenvalue weighted by Crippen LogP contribution is 2.30. The Morgan fingerprint density at radius 3 is 1.52 bits per heavy atom. The number of benzene rings is 2. The van der Waals surface area contributed by atoms with Gasteiger partial charge in [-0.05, 0) is 35.0 Å². The van der Waals surface area contributed by atoms with Gasteiger partial charge in [0, 0.05) is 23.2 Å². The van der Waals surface area contributed by atoms with E-state index >= 15 is 0 Å². The first-order valence-electron chi connectivity index (χ1n) is 8.27. The number of hydrogen-bond acceptors (Lipinski definition) is 2. The second kappa shape index (κ2) is 5.56. The van der Waals surface area contributed by atoms with Crippen molar-refractivity contribution in [3.63, 3.8) is 0 Å². The van der Waals surface area contributed by atoms with Crippen molar-refractivity contribution in [3.05, 3.63) is 85.2 Å². The van der Waals surface area contributed by atoms with Gasteiger partial charge in [-0.25, -0.2) is 0 Å². The highest BCUT2D eigenvalue weighted by molar-refractivity contribution is 5.96. The van der Waals surface area contributed by atoms with E-state index in [1.807, 2.05) is 48.8 Å². The fourth-order valence-corrected chi connectivity index (χ4v) is 3.34. The van der Waals surface area contributed by atoms with E-state index in [1.165, 1.54) is 10.8 Å². The molecule has 0 saturated carbocycles. The molecule has 0 aliphatic carbocycles. The summed E-state index contributed by atoms with van der Waals surface area (Å²) in [5, 5.41) is 4.66. The quantitative estimate of drug-likeness (QED) is 0.470. The average Bonchev–Trinajstić information content (AvgIpc) is 3.17. The molecule has 3 heteroatoms. The molecule has 0 saturated heterocycles. The lowest BCUT2D eigenvalue weighted by molar-refractivity contribution is 1.28. The van der Waals surface area contributed by atoms with Gasteiger partial charge in [0.1, 0.15) is 0 Å². The van der Waals surface area contributed by atoms with Crippen LogP contribution < -0.4 is 0 Å². The van der Waals surface area contributed by atoms with E-state index in [4.69, 9.17) is 0 Å². The van der Waals surface area contributed by atoms with Gasteiger partial charge in [0.05, 0.1) is 22.8 Å².